The zero-order chi connectivity index (χ0) is 14.0. The summed E-state index contributed by atoms with van der Waals surface area (Å²) in [6, 6.07) is 0.414. The van der Waals surface area contributed by atoms with Crippen molar-refractivity contribution in [1.82, 2.24) is 20.0 Å². The van der Waals surface area contributed by atoms with Crippen molar-refractivity contribution in [3.8, 4) is 0 Å². The van der Waals surface area contributed by atoms with Crippen LogP contribution in [0.5, 0.6) is 0 Å². The zero-order valence-corrected chi connectivity index (χ0v) is 13.5. The van der Waals surface area contributed by atoms with E-state index in [1.807, 2.05) is 25.2 Å². The molecule has 1 amide bonds. The van der Waals surface area contributed by atoms with Crippen molar-refractivity contribution in [1.29, 1.82) is 0 Å². The lowest BCUT2D eigenvalue weighted by atomic mass is 10.0. The van der Waals surface area contributed by atoms with Crippen LogP contribution in [0.15, 0.2) is 6.20 Å². The molecule has 2 heterocycles. The Morgan fingerprint density at radius 3 is 2.80 bits per heavy atom. The molecule has 0 bridgehead atoms. The summed E-state index contributed by atoms with van der Waals surface area (Å²) in [4.78, 5) is 14.6. The van der Waals surface area contributed by atoms with E-state index in [0.29, 0.717) is 6.04 Å². The maximum atomic E-state index is 12.6. The Labute approximate surface area is 127 Å². The van der Waals surface area contributed by atoms with Crippen LogP contribution in [0.1, 0.15) is 48.7 Å². The van der Waals surface area contributed by atoms with Gasteiger partial charge < -0.3 is 10.2 Å². The molecule has 0 radical (unpaired) electrons. The predicted octanol–water partition coefficient (Wildman–Crippen LogP) is 1.79. The lowest BCUT2D eigenvalue weighted by Crippen LogP contribution is -2.47. The second kappa shape index (κ2) is 7.09. The molecule has 1 N–H and O–H groups in total. The Balaban J connectivity index is 0.00000200. The molecule has 0 saturated carbocycles. The first-order valence-electron chi connectivity index (χ1n) is 7.03. The molecular weight excluding hydrogens is 276 g/mol. The van der Waals surface area contributed by atoms with E-state index in [2.05, 4.69) is 24.3 Å². The van der Waals surface area contributed by atoms with E-state index in [1.54, 1.807) is 4.68 Å². The van der Waals surface area contributed by atoms with Gasteiger partial charge in [0.1, 0.15) is 0 Å². The van der Waals surface area contributed by atoms with Crippen molar-refractivity contribution in [2.75, 3.05) is 20.1 Å². The number of hydrogen-bond donors (Lipinski definition) is 1. The highest BCUT2D eigenvalue weighted by Crippen LogP contribution is 2.21. The van der Waals surface area contributed by atoms with Crippen LogP contribution in [0.4, 0.5) is 0 Å². The van der Waals surface area contributed by atoms with Gasteiger partial charge in [-0.15, -0.1) is 12.4 Å². The van der Waals surface area contributed by atoms with Crippen molar-refractivity contribution in [3.63, 3.8) is 0 Å². The van der Waals surface area contributed by atoms with Gasteiger partial charge in [0.05, 0.1) is 11.3 Å². The van der Waals surface area contributed by atoms with Crippen molar-refractivity contribution in [2.24, 2.45) is 7.05 Å². The highest BCUT2D eigenvalue weighted by molar-refractivity contribution is 5.95. The molecule has 0 aromatic carbocycles. The fourth-order valence-electron chi connectivity index (χ4n) is 2.66. The van der Waals surface area contributed by atoms with Crippen LogP contribution in [0, 0.1) is 0 Å². The number of likely N-dealkylation sites (N-methyl/N-ethyl adjacent to an activating group) is 1. The predicted molar refractivity (Wildman–Crippen MR) is 82.5 cm³/mol. The zero-order valence-electron chi connectivity index (χ0n) is 12.7. The summed E-state index contributed by atoms with van der Waals surface area (Å²) in [5.41, 5.74) is 1.66. The monoisotopic (exact) mass is 300 g/mol. The minimum Gasteiger partial charge on any atom is -0.337 e. The highest BCUT2D eigenvalue weighted by atomic mass is 35.5. The minimum atomic E-state index is 0. The maximum Gasteiger partial charge on any atom is 0.257 e. The molecule has 1 fully saturated rings. The van der Waals surface area contributed by atoms with E-state index in [4.69, 9.17) is 0 Å². The maximum absolute atomic E-state index is 12.6. The van der Waals surface area contributed by atoms with E-state index in [9.17, 15) is 4.79 Å². The third-order valence-corrected chi connectivity index (χ3v) is 3.75. The average Bonchev–Trinajstić information content (AvgIpc) is 2.80. The lowest BCUT2D eigenvalue weighted by molar-refractivity contribution is 0.0696. The number of piperidine rings is 1. The molecule has 114 valence electrons. The summed E-state index contributed by atoms with van der Waals surface area (Å²) in [5, 5.41) is 7.69. The second-order valence-corrected chi connectivity index (χ2v) is 5.64. The van der Waals surface area contributed by atoms with Crippen LogP contribution in [-0.2, 0) is 7.05 Å². The van der Waals surface area contributed by atoms with Gasteiger partial charge in [0, 0.05) is 32.4 Å². The summed E-state index contributed by atoms with van der Waals surface area (Å²) in [6.07, 6.45) is 4.06. The summed E-state index contributed by atoms with van der Waals surface area (Å²) < 4.78 is 1.74. The van der Waals surface area contributed by atoms with Gasteiger partial charge in [0.15, 0.2) is 0 Å². The number of nitrogens with one attached hydrogen (secondary N) is 1. The summed E-state index contributed by atoms with van der Waals surface area (Å²) in [6.45, 7) is 5.79. The largest absolute Gasteiger partial charge is 0.337 e. The number of hydrogen-bond acceptors (Lipinski definition) is 3. The van der Waals surface area contributed by atoms with Gasteiger partial charge >= 0.3 is 0 Å². The molecule has 0 spiro atoms. The van der Waals surface area contributed by atoms with E-state index in [0.717, 1.165) is 37.2 Å². The average molecular weight is 301 g/mol. The number of carbonyl (C=O) groups excluding carboxylic acids is 1. The number of likely N-dealkylation sites (tertiary alicyclic amines) is 1. The molecule has 1 aliphatic rings. The van der Waals surface area contributed by atoms with Crippen LogP contribution in [0.25, 0.3) is 0 Å². The molecule has 1 aliphatic heterocycles. The van der Waals surface area contributed by atoms with Crippen molar-refractivity contribution < 1.29 is 4.79 Å². The Morgan fingerprint density at radius 1 is 1.50 bits per heavy atom. The molecule has 1 atom stereocenters. The molecule has 1 saturated heterocycles. The van der Waals surface area contributed by atoms with Crippen LogP contribution in [0.3, 0.4) is 0 Å². The van der Waals surface area contributed by atoms with Crippen molar-refractivity contribution >= 4 is 18.3 Å². The fourth-order valence-corrected chi connectivity index (χ4v) is 2.66. The highest BCUT2D eigenvalue weighted by Gasteiger charge is 2.27. The SMILES string of the molecule is CNC1CCCN(C(=O)c2cn(C)nc2C(C)C)C1.Cl. The second-order valence-electron chi connectivity index (χ2n) is 5.64. The van der Waals surface area contributed by atoms with Crippen LogP contribution >= 0.6 is 12.4 Å². The number of aromatic nitrogens is 2. The molecule has 1 unspecified atom stereocenters. The third-order valence-electron chi connectivity index (χ3n) is 3.75. The standard InChI is InChI=1S/C14H24N4O.ClH/c1-10(2)13-12(9-17(4)16-13)14(19)18-7-5-6-11(8-18)15-3;/h9-11,15H,5-8H2,1-4H3;1H. The number of amides is 1. The van der Waals surface area contributed by atoms with E-state index in [-0.39, 0.29) is 24.2 Å². The summed E-state index contributed by atoms with van der Waals surface area (Å²) in [7, 11) is 3.83. The van der Waals surface area contributed by atoms with Crippen molar-refractivity contribution in [3.05, 3.63) is 17.5 Å². The topological polar surface area (TPSA) is 50.2 Å². The molecule has 20 heavy (non-hydrogen) atoms. The van der Waals surface area contributed by atoms with Gasteiger partial charge in [-0.25, -0.2) is 0 Å². The quantitative estimate of drug-likeness (QED) is 0.926. The Morgan fingerprint density at radius 2 is 2.20 bits per heavy atom. The smallest absolute Gasteiger partial charge is 0.257 e. The fraction of sp³-hybridized carbons (Fsp3) is 0.714. The van der Waals surface area contributed by atoms with E-state index < -0.39 is 0 Å². The molecule has 5 nitrogen and oxygen atoms in total. The van der Waals surface area contributed by atoms with E-state index in [1.165, 1.54) is 0 Å². The van der Waals surface area contributed by atoms with Gasteiger partial charge in [-0.2, -0.15) is 5.10 Å². The summed E-state index contributed by atoms with van der Waals surface area (Å²) in [5.74, 6) is 0.391. The van der Waals surface area contributed by atoms with Gasteiger partial charge in [-0.1, -0.05) is 13.8 Å². The number of halogens is 1. The number of nitrogens with zero attached hydrogens (tertiary/aromatic N) is 3. The first kappa shape index (κ1) is 17.0. The van der Waals surface area contributed by atoms with Gasteiger partial charge in [-0.05, 0) is 25.8 Å². The molecule has 0 aliphatic carbocycles. The first-order valence-corrected chi connectivity index (χ1v) is 7.03. The van der Waals surface area contributed by atoms with Gasteiger partial charge in [0.25, 0.3) is 5.91 Å². The van der Waals surface area contributed by atoms with Gasteiger partial charge in [0.2, 0.25) is 0 Å². The summed E-state index contributed by atoms with van der Waals surface area (Å²) >= 11 is 0. The normalized spacial score (nSPS) is 19.1. The molecular formula is C14H25ClN4O. The Kier molecular flexibility index (Phi) is 6.02. The van der Waals surface area contributed by atoms with E-state index >= 15 is 0 Å². The molecule has 1 aromatic heterocycles. The van der Waals surface area contributed by atoms with Crippen molar-refractivity contribution in [2.45, 2.75) is 38.6 Å². The van der Waals surface area contributed by atoms with Crippen LogP contribution in [-0.4, -0.2) is 46.8 Å². The molecule has 1 aromatic rings. The lowest BCUT2D eigenvalue weighted by Gasteiger charge is -2.32. The number of aryl methyl sites for hydroxylation is 1. The number of carbonyl (C=O) groups is 1. The molecule has 6 heteroatoms. The third kappa shape index (κ3) is 3.52. The van der Waals surface area contributed by atoms with Crippen LogP contribution < -0.4 is 5.32 Å². The Bertz CT molecular complexity index is 458. The first-order chi connectivity index (χ1) is 9.02. The number of rotatable bonds is 3. The minimum absolute atomic E-state index is 0. The Hall–Kier alpha value is -1.07. The molecule has 2 rings (SSSR count). The van der Waals surface area contributed by atoms with Crippen LogP contribution in [0.2, 0.25) is 0 Å². The van der Waals surface area contributed by atoms with Gasteiger partial charge in [-0.3, -0.25) is 9.48 Å².